The van der Waals surface area contributed by atoms with Crippen LogP contribution in [0.4, 0.5) is 8.78 Å². The summed E-state index contributed by atoms with van der Waals surface area (Å²) in [5.74, 6) is 0.363. The van der Waals surface area contributed by atoms with Gasteiger partial charge in [-0.05, 0) is 31.8 Å². The highest BCUT2D eigenvalue weighted by molar-refractivity contribution is 5.42. The van der Waals surface area contributed by atoms with Crippen LogP contribution in [0.1, 0.15) is 5.56 Å². The molecule has 0 aliphatic heterocycles. The van der Waals surface area contributed by atoms with E-state index in [2.05, 4.69) is 15.0 Å². The van der Waals surface area contributed by atoms with E-state index >= 15 is 0 Å². The van der Waals surface area contributed by atoms with Crippen LogP contribution in [-0.4, -0.2) is 45.8 Å². The molecular formula is C13H20F2N2O2. The van der Waals surface area contributed by atoms with E-state index in [-0.39, 0.29) is 5.75 Å². The second-order valence-corrected chi connectivity index (χ2v) is 4.34. The summed E-state index contributed by atoms with van der Waals surface area (Å²) in [5.41, 5.74) is 0.871. The molecule has 1 aromatic rings. The molecule has 0 radical (unpaired) electrons. The van der Waals surface area contributed by atoms with Crippen molar-refractivity contribution in [2.24, 2.45) is 0 Å². The highest BCUT2D eigenvalue weighted by Gasteiger charge is 2.11. The van der Waals surface area contributed by atoms with Crippen LogP contribution in [0.5, 0.6) is 11.5 Å². The summed E-state index contributed by atoms with van der Waals surface area (Å²) < 4.78 is 33.9. The van der Waals surface area contributed by atoms with Crippen LogP contribution in [0.15, 0.2) is 18.2 Å². The highest BCUT2D eigenvalue weighted by Crippen LogP contribution is 2.29. The minimum absolute atomic E-state index is 0.0596. The molecule has 19 heavy (non-hydrogen) atoms. The number of nitrogens with one attached hydrogen (secondary N) is 1. The Morgan fingerprint density at radius 3 is 2.58 bits per heavy atom. The van der Waals surface area contributed by atoms with Gasteiger partial charge in [-0.15, -0.1) is 0 Å². The van der Waals surface area contributed by atoms with Crippen molar-refractivity contribution in [2.75, 3.05) is 34.3 Å². The fourth-order valence-corrected chi connectivity index (χ4v) is 1.55. The lowest BCUT2D eigenvalue weighted by atomic mass is 10.2. The third-order valence-corrected chi connectivity index (χ3v) is 2.51. The van der Waals surface area contributed by atoms with Crippen LogP contribution in [0.25, 0.3) is 0 Å². The number of alkyl halides is 2. The molecule has 0 aromatic heterocycles. The molecule has 0 aliphatic carbocycles. The third-order valence-electron chi connectivity index (χ3n) is 2.51. The van der Waals surface area contributed by atoms with Crippen molar-refractivity contribution >= 4 is 0 Å². The Morgan fingerprint density at radius 2 is 2.00 bits per heavy atom. The predicted molar refractivity (Wildman–Crippen MR) is 69.9 cm³/mol. The van der Waals surface area contributed by atoms with Gasteiger partial charge in [0.2, 0.25) is 0 Å². The summed E-state index contributed by atoms with van der Waals surface area (Å²) in [6.45, 7) is -0.524. The second kappa shape index (κ2) is 7.91. The summed E-state index contributed by atoms with van der Waals surface area (Å²) in [6.07, 6.45) is 0. The first-order valence-corrected chi connectivity index (χ1v) is 6.00. The van der Waals surface area contributed by atoms with Crippen molar-refractivity contribution in [1.82, 2.24) is 10.2 Å². The number of benzene rings is 1. The Morgan fingerprint density at radius 1 is 1.26 bits per heavy atom. The molecule has 6 heteroatoms. The maximum atomic E-state index is 12.3. The fourth-order valence-electron chi connectivity index (χ4n) is 1.55. The van der Waals surface area contributed by atoms with Gasteiger partial charge in [0.25, 0.3) is 0 Å². The predicted octanol–water partition coefficient (Wildman–Crippen LogP) is 1.95. The maximum Gasteiger partial charge on any atom is 0.387 e. The van der Waals surface area contributed by atoms with E-state index in [1.165, 1.54) is 7.11 Å². The van der Waals surface area contributed by atoms with E-state index in [4.69, 9.17) is 4.74 Å². The van der Waals surface area contributed by atoms with Gasteiger partial charge >= 0.3 is 6.61 Å². The lowest BCUT2D eigenvalue weighted by Crippen LogP contribution is -2.26. The molecular weight excluding hydrogens is 254 g/mol. The minimum atomic E-state index is -2.86. The van der Waals surface area contributed by atoms with Gasteiger partial charge in [-0.2, -0.15) is 8.78 Å². The first-order chi connectivity index (χ1) is 9.02. The van der Waals surface area contributed by atoms with E-state index in [1.807, 2.05) is 20.2 Å². The summed E-state index contributed by atoms with van der Waals surface area (Å²) in [5, 5.41) is 3.23. The number of nitrogens with zero attached hydrogens (tertiary/aromatic N) is 1. The quantitative estimate of drug-likeness (QED) is 0.735. The van der Waals surface area contributed by atoms with E-state index in [9.17, 15) is 8.78 Å². The van der Waals surface area contributed by atoms with Gasteiger partial charge in [-0.25, -0.2) is 0 Å². The molecule has 0 saturated heterocycles. The molecule has 0 spiro atoms. The molecule has 4 nitrogen and oxygen atoms in total. The maximum absolute atomic E-state index is 12.3. The van der Waals surface area contributed by atoms with Gasteiger partial charge < -0.3 is 19.7 Å². The molecule has 1 aromatic carbocycles. The van der Waals surface area contributed by atoms with Crippen molar-refractivity contribution in [3.05, 3.63) is 23.8 Å². The Hall–Kier alpha value is -1.40. The lowest BCUT2D eigenvalue weighted by molar-refractivity contribution is -0.0512. The molecule has 0 heterocycles. The van der Waals surface area contributed by atoms with Crippen LogP contribution < -0.4 is 14.8 Å². The van der Waals surface area contributed by atoms with Gasteiger partial charge in [0.05, 0.1) is 7.11 Å². The zero-order valence-corrected chi connectivity index (χ0v) is 11.5. The number of hydrogen-bond donors (Lipinski definition) is 1. The number of hydrogen-bond acceptors (Lipinski definition) is 4. The molecule has 1 N–H and O–H groups in total. The normalized spacial score (nSPS) is 11.1. The summed E-state index contributed by atoms with van der Waals surface area (Å²) in [6, 6.07) is 5.01. The molecule has 0 bridgehead atoms. The number of rotatable bonds is 8. The van der Waals surface area contributed by atoms with Crippen molar-refractivity contribution < 1.29 is 18.3 Å². The fraction of sp³-hybridized carbons (Fsp3) is 0.538. The van der Waals surface area contributed by atoms with Gasteiger partial charge in [-0.3, -0.25) is 0 Å². The van der Waals surface area contributed by atoms with Crippen LogP contribution in [0, 0.1) is 0 Å². The smallest absolute Gasteiger partial charge is 0.387 e. The molecule has 0 unspecified atom stereocenters. The van der Waals surface area contributed by atoms with Gasteiger partial charge in [-0.1, -0.05) is 6.07 Å². The van der Waals surface area contributed by atoms with Crippen molar-refractivity contribution in [2.45, 2.75) is 13.2 Å². The Bertz CT molecular complexity index is 387. The number of methoxy groups -OCH3 is 1. The molecule has 1 rings (SSSR count). The van der Waals surface area contributed by atoms with Crippen LogP contribution >= 0.6 is 0 Å². The summed E-state index contributed by atoms with van der Waals surface area (Å²) >= 11 is 0. The zero-order valence-electron chi connectivity index (χ0n) is 11.5. The van der Waals surface area contributed by atoms with E-state index in [0.717, 1.165) is 18.7 Å². The average molecular weight is 274 g/mol. The first kappa shape index (κ1) is 15.7. The van der Waals surface area contributed by atoms with Gasteiger partial charge in [0.15, 0.2) is 11.5 Å². The van der Waals surface area contributed by atoms with Crippen molar-refractivity contribution in [3.8, 4) is 11.5 Å². The topological polar surface area (TPSA) is 33.7 Å². The molecule has 108 valence electrons. The first-order valence-electron chi connectivity index (χ1n) is 6.00. The van der Waals surface area contributed by atoms with Crippen LogP contribution in [0.3, 0.4) is 0 Å². The van der Waals surface area contributed by atoms with E-state index in [0.29, 0.717) is 12.3 Å². The lowest BCUT2D eigenvalue weighted by Gasteiger charge is -2.13. The number of ether oxygens (including phenoxy) is 2. The highest BCUT2D eigenvalue weighted by atomic mass is 19.3. The second-order valence-electron chi connectivity index (χ2n) is 4.34. The Kier molecular flexibility index (Phi) is 6.52. The summed E-state index contributed by atoms with van der Waals surface area (Å²) in [7, 11) is 5.40. The van der Waals surface area contributed by atoms with E-state index < -0.39 is 6.61 Å². The van der Waals surface area contributed by atoms with Gasteiger partial charge in [0, 0.05) is 19.6 Å². The Balaban J connectivity index is 2.59. The van der Waals surface area contributed by atoms with Crippen LogP contribution in [-0.2, 0) is 6.54 Å². The zero-order chi connectivity index (χ0) is 14.3. The van der Waals surface area contributed by atoms with Crippen LogP contribution in [0.2, 0.25) is 0 Å². The standard InChI is InChI=1S/C13H20F2N2O2/c1-17(2)7-6-16-9-10-4-5-11(18-3)12(8-10)19-13(14)15/h4-5,8,13,16H,6-7,9H2,1-3H3. The molecule has 0 fully saturated rings. The minimum Gasteiger partial charge on any atom is -0.493 e. The number of likely N-dealkylation sites (N-methyl/N-ethyl adjacent to an activating group) is 1. The van der Waals surface area contributed by atoms with Gasteiger partial charge in [0.1, 0.15) is 0 Å². The summed E-state index contributed by atoms with van der Waals surface area (Å²) in [4.78, 5) is 2.06. The molecule has 0 amide bonds. The molecule has 0 aliphatic rings. The monoisotopic (exact) mass is 274 g/mol. The molecule has 0 atom stereocenters. The van der Waals surface area contributed by atoms with Crippen molar-refractivity contribution in [1.29, 1.82) is 0 Å². The third kappa shape index (κ3) is 5.85. The van der Waals surface area contributed by atoms with Crippen molar-refractivity contribution in [3.63, 3.8) is 0 Å². The Labute approximate surface area is 112 Å². The largest absolute Gasteiger partial charge is 0.493 e. The SMILES string of the molecule is COc1ccc(CNCCN(C)C)cc1OC(F)F. The van der Waals surface area contributed by atoms with E-state index in [1.54, 1.807) is 12.1 Å². The molecule has 0 saturated carbocycles. The average Bonchev–Trinajstić information content (AvgIpc) is 2.34. The number of halogens is 2.